The molecule has 5 heteroatoms. The molecule has 0 saturated heterocycles. The molecule has 0 aromatic carbocycles. The Bertz CT molecular complexity index is 401. The molecule has 0 amide bonds. The zero-order valence-corrected chi connectivity index (χ0v) is 7.18. The normalized spacial score (nSPS) is 16.3. The predicted octanol–water partition coefficient (Wildman–Crippen LogP) is 2.02. The van der Waals surface area contributed by atoms with E-state index in [2.05, 4.69) is 9.98 Å². The fourth-order valence-corrected chi connectivity index (χ4v) is 1.63. The van der Waals surface area contributed by atoms with Crippen LogP contribution in [-0.4, -0.2) is 11.8 Å². The van der Waals surface area contributed by atoms with Crippen LogP contribution in [0.25, 0.3) is 0 Å². The highest BCUT2D eigenvalue weighted by atomic mass is 32.1. The summed E-state index contributed by atoms with van der Waals surface area (Å²) in [4.78, 5) is 7.10. The van der Waals surface area contributed by atoms with Gasteiger partial charge in [0.05, 0.1) is 11.0 Å². The summed E-state index contributed by atoms with van der Waals surface area (Å²) in [6, 6.07) is 3.53. The van der Waals surface area contributed by atoms with Crippen molar-refractivity contribution >= 4 is 23.1 Å². The second-order valence-electron chi connectivity index (χ2n) is 2.32. The fourth-order valence-electron chi connectivity index (χ4n) is 0.940. The minimum atomic E-state index is -1.04. The van der Waals surface area contributed by atoms with Gasteiger partial charge in [0.25, 0.3) is 0 Å². The van der Waals surface area contributed by atoms with Gasteiger partial charge in [0.15, 0.2) is 0 Å². The van der Waals surface area contributed by atoms with Crippen molar-refractivity contribution in [2.24, 2.45) is 4.99 Å². The first-order valence-electron chi connectivity index (χ1n) is 3.49. The number of hydrogen-bond acceptors (Lipinski definition) is 3. The molecule has 13 heavy (non-hydrogen) atoms. The van der Waals surface area contributed by atoms with Crippen LogP contribution >= 0.6 is 11.3 Å². The lowest BCUT2D eigenvalue weighted by Crippen LogP contribution is -2.13. The van der Waals surface area contributed by atoms with Gasteiger partial charge in [-0.15, -0.1) is 15.7 Å². The Hall–Kier alpha value is -1.36. The molecule has 0 fully saturated rings. The van der Waals surface area contributed by atoms with Crippen LogP contribution in [0.15, 0.2) is 34.5 Å². The highest BCUT2D eigenvalue weighted by molar-refractivity contribution is 7.12. The minimum Gasteiger partial charge on any atom is -0.155 e. The van der Waals surface area contributed by atoms with Gasteiger partial charge < -0.3 is 0 Å². The van der Waals surface area contributed by atoms with E-state index in [0.717, 1.165) is 11.0 Å². The maximum Gasteiger partial charge on any atom is 0.534 e. The molecule has 0 spiro atoms. The van der Waals surface area contributed by atoms with Crippen molar-refractivity contribution in [1.82, 2.24) is 4.99 Å². The Labute approximate surface area is 77.0 Å². The molecule has 0 atom stereocenters. The molecule has 2 heterocycles. The molecule has 1 aromatic heterocycles. The van der Waals surface area contributed by atoms with Gasteiger partial charge in [0.1, 0.15) is 0 Å². The zero-order valence-electron chi connectivity index (χ0n) is 6.37. The van der Waals surface area contributed by atoms with Crippen molar-refractivity contribution < 1.29 is 8.78 Å². The highest BCUT2D eigenvalue weighted by Crippen LogP contribution is 2.13. The number of rotatable bonds is 1. The molecule has 1 aliphatic heterocycles. The molecule has 0 aliphatic carbocycles. The second kappa shape index (κ2) is 3.18. The van der Waals surface area contributed by atoms with Crippen molar-refractivity contribution in [2.75, 3.05) is 0 Å². The molecule has 0 bridgehead atoms. The highest BCUT2D eigenvalue weighted by Gasteiger charge is 2.22. The molecule has 65 valence electrons. The van der Waals surface area contributed by atoms with Gasteiger partial charge in [-0.05, 0) is 16.4 Å². The van der Waals surface area contributed by atoms with E-state index in [1.807, 2.05) is 5.38 Å². The molecule has 0 unspecified atom stereocenters. The monoisotopic (exact) mass is 198 g/mol. The summed E-state index contributed by atoms with van der Waals surface area (Å²) in [5, 5.41) is 1.81. The number of nitrogens with zero attached hydrogens (tertiary/aromatic N) is 2. The molecule has 1 radical (unpaired) electrons. The van der Waals surface area contributed by atoms with Gasteiger partial charge in [-0.3, -0.25) is 0 Å². The van der Waals surface area contributed by atoms with Crippen molar-refractivity contribution in [3.05, 3.63) is 34.4 Å². The average molecular weight is 198 g/mol. The van der Waals surface area contributed by atoms with Crippen molar-refractivity contribution in [3.63, 3.8) is 0 Å². The van der Waals surface area contributed by atoms with E-state index in [-0.39, 0.29) is 5.71 Å². The van der Waals surface area contributed by atoms with Crippen LogP contribution in [0.1, 0.15) is 4.88 Å². The summed E-state index contributed by atoms with van der Waals surface area (Å²) in [5.41, 5.74) is 0.278. The number of hydrogen-bond donors (Lipinski definition) is 0. The molecular formula is C8H4F2N2S+. The van der Waals surface area contributed by atoms with Gasteiger partial charge in [-0.25, -0.2) is 0 Å². The number of amidine groups is 1. The molecule has 1 aliphatic rings. The van der Waals surface area contributed by atoms with E-state index in [1.165, 1.54) is 11.3 Å². The van der Waals surface area contributed by atoms with E-state index < -0.39 is 12.0 Å². The summed E-state index contributed by atoms with van der Waals surface area (Å²) in [6.45, 7) is 0. The number of halogens is 2. The van der Waals surface area contributed by atoms with Crippen molar-refractivity contribution in [3.8, 4) is 0 Å². The fraction of sp³-hybridized carbons (Fsp3) is 0. The summed E-state index contributed by atoms with van der Waals surface area (Å²) in [6.07, 6.45) is 0.0675. The first-order chi connectivity index (χ1) is 6.25. The van der Waals surface area contributed by atoms with Crippen LogP contribution < -0.4 is 4.99 Å². The predicted molar refractivity (Wildman–Crippen MR) is 48.3 cm³/mol. The van der Waals surface area contributed by atoms with E-state index in [4.69, 9.17) is 0 Å². The topological polar surface area (TPSA) is 26.5 Å². The maximum absolute atomic E-state index is 12.6. The van der Waals surface area contributed by atoms with Crippen molar-refractivity contribution in [2.45, 2.75) is 0 Å². The Balaban J connectivity index is 2.43. The number of aliphatic imine (C=N–C) groups is 2. The summed E-state index contributed by atoms with van der Waals surface area (Å²) >= 11 is 1.37. The Morgan fingerprint density at radius 1 is 1.38 bits per heavy atom. The lowest BCUT2D eigenvalue weighted by atomic mass is 10.3. The third kappa shape index (κ3) is 1.70. The lowest BCUT2D eigenvalue weighted by molar-refractivity contribution is 0.615. The summed E-state index contributed by atoms with van der Waals surface area (Å²) in [7, 11) is 0. The minimum absolute atomic E-state index is 0.278. The third-order valence-electron chi connectivity index (χ3n) is 1.44. The first-order valence-corrected chi connectivity index (χ1v) is 4.37. The number of thiophene rings is 1. The molecule has 2 rings (SSSR count). The third-order valence-corrected chi connectivity index (χ3v) is 2.33. The van der Waals surface area contributed by atoms with E-state index >= 15 is 0 Å². The standard InChI is InChI=1S/C8H4F2N2S/c9-7-4-5(11-8(10)12-7)6-2-1-3-13-6/h1-4H/q+1. The smallest absolute Gasteiger partial charge is 0.155 e. The quantitative estimate of drug-likeness (QED) is 0.617. The average Bonchev–Trinajstić information content (AvgIpc) is 2.53. The van der Waals surface area contributed by atoms with Gasteiger partial charge in [-0.1, -0.05) is 6.07 Å². The van der Waals surface area contributed by atoms with Crippen LogP contribution in [0.2, 0.25) is 0 Å². The van der Waals surface area contributed by atoms with Gasteiger partial charge in [0.2, 0.25) is 5.71 Å². The molecular weight excluding hydrogens is 194 g/mol. The van der Waals surface area contributed by atoms with Gasteiger partial charge >= 0.3 is 12.0 Å². The molecule has 1 aromatic rings. The largest absolute Gasteiger partial charge is 0.534 e. The van der Waals surface area contributed by atoms with E-state index in [0.29, 0.717) is 0 Å². The Kier molecular flexibility index (Phi) is 2.02. The van der Waals surface area contributed by atoms with E-state index in [9.17, 15) is 8.78 Å². The van der Waals surface area contributed by atoms with Crippen LogP contribution in [0.4, 0.5) is 8.78 Å². The SMILES string of the molecule is FC1=CC(c2cccs2)=[N+]C(F)=N1. The molecule has 0 N–H and O–H groups in total. The van der Waals surface area contributed by atoms with Crippen LogP contribution in [0.5, 0.6) is 0 Å². The maximum atomic E-state index is 12.6. The molecule has 0 saturated carbocycles. The van der Waals surface area contributed by atoms with Crippen LogP contribution in [0.3, 0.4) is 0 Å². The van der Waals surface area contributed by atoms with Crippen molar-refractivity contribution in [1.29, 1.82) is 0 Å². The van der Waals surface area contributed by atoms with Crippen LogP contribution in [-0.2, 0) is 0 Å². The first kappa shape index (κ1) is 8.25. The summed E-state index contributed by atoms with van der Waals surface area (Å²) in [5.74, 6) is -0.851. The number of allylic oxidation sites excluding steroid dienone is 1. The zero-order chi connectivity index (χ0) is 9.26. The Morgan fingerprint density at radius 2 is 2.23 bits per heavy atom. The van der Waals surface area contributed by atoms with Crippen LogP contribution in [0, 0.1) is 0 Å². The Morgan fingerprint density at radius 3 is 2.85 bits per heavy atom. The lowest BCUT2D eigenvalue weighted by Gasteiger charge is -1.90. The summed E-state index contributed by atoms with van der Waals surface area (Å²) < 4.78 is 25.2. The second-order valence-corrected chi connectivity index (χ2v) is 3.27. The molecule has 2 nitrogen and oxygen atoms in total. The van der Waals surface area contributed by atoms with Gasteiger partial charge in [-0.2, -0.15) is 4.39 Å². The van der Waals surface area contributed by atoms with E-state index in [1.54, 1.807) is 12.1 Å². The van der Waals surface area contributed by atoms with Gasteiger partial charge in [0, 0.05) is 4.99 Å².